The molecule has 0 bridgehead atoms. The number of nitrogens with two attached hydrogens (primary N) is 1. The number of pyridine rings is 1. The van der Waals surface area contributed by atoms with Gasteiger partial charge in [-0.1, -0.05) is 0 Å². The number of hydrogen-bond acceptors (Lipinski definition) is 2. The van der Waals surface area contributed by atoms with Crippen LogP contribution in [-0.2, 0) is 12.5 Å². The smallest absolute Gasteiger partial charge is 0.276 e. The highest BCUT2D eigenvalue weighted by molar-refractivity contribution is 5.25. The molecule has 0 aromatic carbocycles. The monoisotopic (exact) mass is 202 g/mol. The Bertz CT molecular complexity index is 347. The Morgan fingerprint density at radius 1 is 1.57 bits per heavy atom. The predicted octanol–water partition coefficient (Wildman–Crippen LogP) is 1.20. The maximum absolute atomic E-state index is 13.1. The van der Waals surface area contributed by atoms with Crippen molar-refractivity contribution in [1.29, 1.82) is 0 Å². The molecule has 3 nitrogen and oxygen atoms in total. The summed E-state index contributed by atoms with van der Waals surface area (Å²) in [4.78, 5) is 0. The second-order valence-electron chi connectivity index (χ2n) is 3.30. The first-order valence-corrected chi connectivity index (χ1v) is 4.17. The number of alkyl halides is 2. The van der Waals surface area contributed by atoms with Crippen LogP contribution in [0.3, 0.4) is 0 Å². The van der Waals surface area contributed by atoms with Crippen LogP contribution in [0.2, 0.25) is 0 Å². The molecule has 0 aliphatic heterocycles. The van der Waals surface area contributed by atoms with E-state index in [1.54, 1.807) is 6.92 Å². The topological polar surface area (TPSA) is 53.0 Å². The minimum atomic E-state index is -3.03. The number of aryl methyl sites for hydroxylation is 1. The largest absolute Gasteiger partial charge is 0.618 e. The van der Waals surface area contributed by atoms with Crippen LogP contribution in [0.25, 0.3) is 0 Å². The molecule has 0 spiro atoms. The Kier molecular flexibility index (Phi) is 2.71. The van der Waals surface area contributed by atoms with E-state index in [1.807, 2.05) is 0 Å². The Morgan fingerprint density at radius 3 is 2.57 bits per heavy atom. The molecule has 78 valence electrons. The molecule has 5 heteroatoms. The van der Waals surface area contributed by atoms with Gasteiger partial charge in [-0.25, -0.2) is 8.78 Å². The van der Waals surface area contributed by atoms with Gasteiger partial charge in [-0.3, -0.25) is 0 Å². The zero-order chi connectivity index (χ0) is 10.9. The van der Waals surface area contributed by atoms with Gasteiger partial charge in [0.25, 0.3) is 5.92 Å². The molecule has 0 amide bonds. The van der Waals surface area contributed by atoms with Crippen LogP contribution in [0.1, 0.15) is 23.7 Å². The Morgan fingerprint density at radius 2 is 2.14 bits per heavy atom. The van der Waals surface area contributed by atoms with E-state index in [0.29, 0.717) is 10.3 Å². The van der Waals surface area contributed by atoms with Gasteiger partial charge in [-0.2, -0.15) is 4.73 Å². The average Bonchev–Trinajstić information content (AvgIpc) is 2.01. The molecule has 0 aliphatic rings. The molecular weight excluding hydrogens is 190 g/mol. The lowest BCUT2D eigenvalue weighted by Gasteiger charge is -2.14. The third kappa shape index (κ3) is 1.98. The van der Waals surface area contributed by atoms with Gasteiger partial charge in [-0.15, -0.1) is 0 Å². The van der Waals surface area contributed by atoms with Gasteiger partial charge in [0.15, 0.2) is 6.20 Å². The number of halogens is 2. The van der Waals surface area contributed by atoms with E-state index in [9.17, 15) is 14.0 Å². The molecule has 0 saturated carbocycles. The summed E-state index contributed by atoms with van der Waals surface area (Å²) in [5.74, 6) is -3.03. The lowest BCUT2D eigenvalue weighted by atomic mass is 10.1. The summed E-state index contributed by atoms with van der Waals surface area (Å²) in [6, 6.07) is 1.29. The van der Waals surface area contributed by atoms with Crippen molar-refractivity contribution < 1.29 is 13.5 Å². The molecule has 14 heavy (non-hydrogen) atoms. The number of hydrogen-bond donors (Lipinski definition) is 1. The Hall–Kier alpha value is -1.23. The van der Waals surface area contributed by atoms with E-state index < -0.39 is 5.92 Å². The second-order valence-corrected chi connectivity index (χ2v) is 3.30. The second kappa shape index (κ2) is 3.49. The standard InChI is InChI=1S/C9H12F2N2O/c1-6-3-7(9(2,10)11)8(4-12)13(14)5-6/h3,5H,4,12H2,1-2H3. The molecule has 1 aromatic heterocycles. The molecule has 0 aliphatic carbocycles. The van der Waals surface area contributed by atoms with Crippen molar-refractivity contribution in [3.63, 3.8) is 0 Å². The van der Waals surface area contributed by atoms with Crippen LogP contribution in [0, 0.1) is 12.1 Å². The first-order chi connectivity index (χ1) is 6.36. The van der Waals surface area contributed by atoms with Crippen molar-refractivity contribution in [2.45, 2.75) is 26.3 Å². The van der Waals surface area contributed by atoms with Crippen molar-refractivity contribution in [2.24, 2.45) is 5.73 Å². The van der Waals surface area contributed by atoms with Crippen molar-refractivity contribution in [3.8, 4) is 0 Å². The van der Waals surface area contributed by atoms with Gasteiger partial charge in [0.05, 0.1) is 12.1 Å². The van der Waals surface area contributed by atoms with Crippen LogP contribution in [0.15, 0.2) is 12.3 Å². The zero-order valence-electron chi connectivity index (χ0n) is 8.05. The fraction of sp³-hybridized carbons (Fsp3) is 0.444. The van der Waals surface area contributed by atoms with E-state index in [1.165, 1.54) is 12.3 Å². The number of rotatable bonds is 2. The third-order valence-electron chi connectivity index (χ3n) is 1.94. The van der Waals surface area contributed by atoms with Gasteiger partial charge < -0.3 is 10.9 Å². The molecular formula is C9H12F2N2O. The van der Waals surface area contributed by atoms with Gasteiger partial charge in [0, 0.05) is 12.5 Å². The lowest BCUT2D eigenvalue weighted by Crippen LogP contribution is -2.37. The predicted molar refractivity (Wildman–Crippen MR) is 47.6 cm³/mol. The summed E-state index contributed by atoms with van der Waals surface area (Å²) < 4.78 is 26.5. The SMILES string of the molecule is Cc1cc(C(C)(F)F)c(CN)[n+]([O-])c1. The summed E-state index contributed by atoms with van der Waals surface area (Å²) in [7, 11) is 0. The highest BCUT2D eigenvalue weighted by Crippen LogP contribution is 2.28. The van der Waals surface area contributed by atoms with Crippen LogP contribution >= 0.6 is 0 Å². The summed E-state index contributed by atoms with van der Waals surface area (Å²) in [6.45, 7) is 2.15. The number of nitrogens with zero attached hydrogens (tertiary/aromatic N) is 1. The fourth-order valence-electron chi connectivity index (χ4n) is 1.31. The highest BCUT2D eigenvalue weighted by atomic mass is 19.3. The highest BCUT2D eigenvalue weighted by Gasteiger charge is 2.31. The number of aromatic nitrogens is 1. The van der Waals surface area contributed by atoms with Crippen molar-refractivity contribution in [1.82, 2.24) is 0 Å². The molecule has 0 radical (unpaired) electrons. The lowest BCUT2D eigenvalue weighted by molar-refractivity contribution is -0.615. The molecule has 2 N–H and O–H groups in total. The van der Waals surface area contributed by atoms with E-state index in [0.717, 1.165) is 6.92 Å². The van der Waals surface area contributed by atoms with E-state index in [2.05, 4.69) is 0 Å². The van der Waals surface area contributed by atoms with E-state index in [-0.39, 0.29) is 17.8 Å². The van der Waals surface area contributed by atoms with Crippen LogP contribution < -0.4 is 10.5 Å². The minimum Gasteiger partial charge on any atom is -0.618 e. The van der Waals surface area contributed by atoms with Crippen LogP contribution in [-0.4, -0.2) is 0 Å². The van der Waals surface area contributed by atoms with Crippen molar-refractivity contribution >= 4 is 0 Å². The summed E-state index contributed by atoms with van der Waals surface area (Å²) in [5.41, 5.74) is 5.36. The van der Waals surface area contributed by atoms with E-state index >= 15 is 0 Å². The summed E-state index contributed by atoms with van der Waals surface area (Å²) >= 11 is 0. The molecule has 0 saturated heterocycles. The van der Waals surface area contributed by atoms with Crippen LogP contribution in [0.5, 0.6) is 0 Å². The van der Waals surface area contributed by atoms with Crippen molar-refractivity contribution in [2.75, 3.05) is 0 Å². The van der Waals surface area contributed by atoms with Gasteiger partial charge >= 0.3 is 0 Å². The molecule has 1 aromatic rings. The maximum Gasteiger partial charge on any atom is 0.276 e. The molecule has 1 rings (SSSR count). The third-order valence-corrected chi connectivity index (χ3v) is 1.94. The first-order valence-electron chi connectivity index (χ1n) is 4.17. The quantitative estimate of drug-likeness (QED) is 0.578. The minimum absolute atomic E-state index is 0.0805. The first kappa shape index (κ1) is 10.8. The summed E-state index contributed by atoms with van der Waals surface area (Å²) in [6.07, 6.45) is 1.23. The van der Waals surface area contributed by atoms with Gasteiger partial charge in [0.1, 0.15) is 0 Å². The Labute approximate surface area is 80.7 Å². The normalized spacial score (nSPS) is 11.8. The molecule has 0 unspecified atom stereocenters. The zero-order valence-corrected chi connectivity index (χ0v) is 8.05. The van der Waals surface area contributed by atoms with Crippen molar-refractivity contribution in [3.05, 3.63) is 34.3 Å². The van der Waals surface area contributed by atoms with E-state index in [4.69, 9.17) is 5.73 Å². The maximum atomic E-state index is 13.1. The molecule has 0 fully saturated rings. The molecule has 0 atom stereocenters. The Balaban J connectivity index is 3.40. The summed E-state index contributed by atoms with van der Waals surface area (Å²) in [5, 5.41) is 11.2. The van der Waals surface area contributed by atoms with Gasteiger partial charge in [-0.05, 0) is 13.0 Å². The fourth-order valence-corrected chi connectivity index (χ4v) is 1.31. The average molecular weight is 202 g/mol. The van der Waals surface area contributed by atoms with Gasteiger partial charge in [0.2, 0.25) is 5.69 Å². The van der Waals surface area contributed by atoms with Crippen LogP contribution in [0.4, 0.5) is 8.78 Å². The molecule has 1 heterocycles.